The van der Waals surface area contributed by atoms with Crippen molar-refractivity contribution in [3.8, 4) is 5.75 Å². The van der Waals surface area contributed by atoms with Crippen LogP contribution >= 0.6 is 11.6 Å². The van der Waals surface area contributed by atoms with Gasteiger partial charge in [-0.25, -0.2) is 0 Å². The molecule has 0 radical (unpaired) electrons. The van der Waals surface area contributed by atoms with Gasteiger partial charge in [0.05, 0.1) is 0 Å². The van der Waals surface area contributed by atoms with E-state index in [1.807, 2.05) is 36.4 Å². The van der Waals surface area contributed by atoms with Gasteiger partial charge in [-0.3, -0.25) is 0 Å². The van der Waals surface area contributed by atoms with Crippen LogP contribution in [0.3, 0.4) is 0 Å². The van der Waals surface area contributed by atoms with Crippen molar-refractivity contribution in [2.75, 3.05) is 0 Å². The van der Waals surface area contributed by atoms with E-state index in [2.05, 4.69) is 25.8 Å². The second-order valence-electron chi connectivity index (χ2n) is 4.61. The highest BCUT2D eigenvalue weighted by atomic mass is 35.5. The van der Waals surface area contributed by atoms with E-state index < -0.39 is 0 Å². The van der Waals surface area contributed by atoms with Gasteiger partial charge in [0, 0.05) is 10.6 Å². The van der Waals surface area contributed by atoms with E-state index in [1.54, 1.807) is 0 Å². The summed E-state index contributed by atoms with van der Waals surface area (Å²) in [5.41, 5.74) is 2.29. The third-order valence-corrected chi connectivity index (χ3v) is 3.25. The summed E-state index contributed by atoms with van der Waals surface area (Å²) in [6.07, 6.45) is 0. The summed E-state index contributed by atoms with van der Waals surface area (Å²) in [5.74, 6) is 0.890. The first-order chi connectivity index (χ1) is 8.66. The van der Waals surface area contributed by atoms with Crippen LogP contribution in [-0.4, -0.2) is 6.71 Å². The second kappa shape index (κ2) is 5.97. The monoisotopic (exact) mass is 258 g/mol. The Morgan fingerprint density at radius 3 is 2.56 bits per heavy atom. The van der Waals surface area contributed by atoms with Crippen LogP contribution in [0.25, 0.3) is 0 Å². The smallest absolute Gasteiger partial charge is 0.169 e. The van der Waals surface area contributed by atoms with Crippen LogP contribution in [0.5, 0.6) is 5.75 Å². The summed E-state index contributed by atoms with van der Waals surface area (Å²) in [5, 5.41) is 0.748. The molecule has 1 nitrogen and oxygen atoms in total. The molecule has 0 saturated heterocycles. The Balaban J connectivity index is 2.07. The summed E-state index contributed by atoms with van der Waals surface area (Å²) >= 11 is 6.09. The average Bonchev–Trinajstić information content (AvgIpc) is 2.38. The van der Waals surface area contributed by atoms with Gasteiger partial charge in [-0.15, -0.1) is 0 Å². The number of halogens is 1. The lowest BCUT2D eigenvalue weighted by Gasteiger charge is -2.10. The predicted octanol–water partition coefficient (Wildman–Crippen LogP) is 3.88. The zero-order valence-electron chi connectivity index (χ0n) is 10.7. The molecule has 0 aliphatic carbocycles. The summed E-state index contributed by atoms with van der Waals surface area (Å²) in [6, 6.07) is 16.0. The van der Waals surface area contributed by atoms with Gasteiger partial charge < -0.3 is 4.74 Å². The first kappa shape index (κ1) is 13.0. The minimum Gasteiger partial charge on any atom is -0.489 e. The van der Waals surface area contributed by atoms with Crippen LogP contribution < -0.4 is 10.2 Å². The van der Waals surface area contributed by atoms with Crippen LogP contribution in [-0.2, 0) is 6.61 Å². The highest BCUT2D eigenvalue weighted by molar-refractivity contribution is 6.70. The van der Waals surface area contributed by atoms with E-state index in [-0.39, 0.29) is 0 Å². The molecule has 2 aromatic rings. The van der Waals surface area contributed by atoms with E-state index >= 15 is 0 Å². The molecular formula is C15H16BClO. The van der Waals surface area contributed by atoms with Crippen molar-refractivity contribution >= 4 is 23.8 Å². The SMILES string of the molecule is CB(C)c1cccc(OCc2ccccc2Cl)c1. The summed E-state index contributed by atoms with van der Waals surface area (Å²) in [4.78, 5) is 0. The van der Waals surface area contributed by atoms with Crippen LogP contribution in [0.1, 0.15) is 5.56 Å². The number of ether oxygens (including phenoxy) is 1. The Hall–Kier alpha value is -1.41. The molecule has 2 aromatic carbocycles. The van der Waals surface area contributed by atoms with Gasteiger partial charge in [-0.1, -0.05) is 61.0 Å². The van der Waals surface area contributed by atoms with E-state index in [9.17, 15) is 0 Å². The lowest BCUT2D eigenvalue weighted by Crippen LogP contribution is -2.22. The van der Waals surface area contributed by atoms with Crippen molar-refractivity contribution in [3.63, 3.8) is 0 Å². The molecule has 0 aliphatic rings. The van der Waals surface area contributed by atoms with Crippen LogP contribution in [0.2, 0.25) is 18.7 Å². The molecule has 0 amide bonds. The molecule has 0 unspecified atom stereocenters. The highest BCUT2D eigenvalue weighted by Crippen LogP contribution is 2.17. The fourth-order valence-corrected chi connectivity index (χ4v) is 1.93. The minimum atomic E-state index is 0.501. The van der Waals surface area contributed by atoms with Gasteiger partial charge >= 0.3 is 0 Å². The third kappa shape index (κ3) is 3.30. The summed E-state index contributed by atoms with van der Waals surface area (Å²) < 4.78 is 5.78. The average molecular weight is 259 g/mol. The lowest BCUT2D eigenvalue weighted by atomic mass is 9.49. The molecule has 0 fully saturated rings. The standard InChI is InChI=1S/C15H16BClO/c1-16(2)13-7-5-8-14(10-13)18-11-12-6-3-4-9-15(12)17/h3-10H,11H2,1-2H3. The number of hydrogen-bond acceptors (Lipinski definition) is 1. The second-order valence-corrected chi connectivity index (χ2v) is 5.01. The van der Waals surface area contributed by atoms with Gasteiger partial charge in [0.15, 0.2) is 6.71 Å². The molecule has 0 spiro atoms. The van der Waals surface area contributed by atoms with Crippen LogP contribution in [0.4, 0.5) is 0 Å². The van der Waals surface area contributed by atoms with Crippen molar-refractivity contribution in [3.05, 3.63) is 59.1 Å². The van der Waals surface area contributed by atoms with E-state index in [1.165, 1.54) is 5.46 Å². The maximum Gasteiger partial charge on any atom is 0.169 e. The van der Waals surface area contributed by atoms with Crippen LogP contribution in [0, 0.1) is 0 Å². The largest absolute Gasteiger partial charge is 0.489 e. The van der Waals surface area contributed by atoms with Gasteiger partial charge in [-0.2, -0.15) is 0 Å². The Morgan fingerprint density at radius 2 is 1.83 bits per heavy atom. The van der Waals surface area contributed by atoms with Crippen LogP contribution in [0.15, 0.2) is 48.5 Å². The van der Waals surface area contributed by atoms with Crippen molar-refractivity contribution in [2.45, 2.75) is 20.3 Å². The lowest BCUT2D eigenvalue weighted by molar-refractivity contribution is 0.306. The predicted molar refractivity (Wildman–Crippen MR) is 79.3 cm³/mol. The van der Waals surface area contributed by atoms with Crippen molar-refractivity contribution in [1.82, 2.24) is 0 Å². The van der Waals surface area contributed by atoms with Gasteiger partial charge in [0.25, 0.3) is 0 Å². The first-order valence-electron chi connectivity index (χ1n) is 6.13. The molecular weight excluding hydrogens is 242 g/mol. The number of benzene rings is 2. The Bertz CT molecular complexity index is 525. The summed E-state index contributed by atoms with van der Waals surface area (Å²) in [6.45, 7) is 5.36. The molecule has 0 saturated carbocycles. The Kier molecular flexibility index (Phi) is 4.32. The molecule has 92 valence electrons. The molecule has 18 heavy (non-hydrogen) atoms. The molecule has 0 atom stereocenters. The number of rotatable bonds is 4. The maximum atomic E-state index is 6.09. The fraction of sp³-hybridized carbons (Fsp3) is 0.200. The highest BCUT2D eigenvalue weighted by Gasteiger charge is 2.05. The molecule has 0 aromatic heterocycles. The van der Waals surface area contributed by atoms with Crippen molar-refractivity contribution < 1.29 is 4.74 Å². The topological polar surface area (TPSA) is 9.23 Å². The fourth-order valence-electron chi connectivity index (χ4n) is 1.74. The van der Waals surface area contributed by atoms with E-state index in [4.69, 9.17) is 16.3 Å². The molecule has 0 aliphatic heterocycles. The molecule has 0 heterocycles. The zero-order valence-corrected chi connectivity index (χ0v) is 11.4. The Labute approximate surface area is 114 Å². The molecule has 0 N–H and O–H groups in total. The third-order valence-electron chi connectivity index (χ3n) is 2.88. The quantitative estimate of drug-likeness (QED) is 0.756. The summed E-state index contributed by atoms with van der Waals surface area (Å²) in [7, 11) is 0. The molecule has 2 rings (SSSR count). The minimum absolute atomic E-state index is 0.501. The molecule has 3 heteroatoms. The first-order valence-corrected chi connectivity index (χ1v) is 6.51. The van der Waals surface area contributed by atoms with E-state index in [0.717, 1.165) is 16.3 Å². The van der Waals surface area contributed by atoms with Gasteiger partial charge in [0.1, 0.15) is 12.4 Å². The van der Waals surface area contributed by atoms with Crippen molar-refractivity contribution in [2.24, 2.45) is 0 Å². The Morgan fingerprint density at radius 1 is 1.06 bits per heavy atom. The van der Waals surface area contributed by atoms with E-state index in [0.29, 0.717) is 13.3 Å². The molecule has 0 bridgehead atoms. The van der Waals surface area contributed by atoms with Crippen molar-refractivity contribution in [1.29, 1.82) is 0 Å². The number of hydrogen-bond donors (Lipinski definition) is 0. The normalized spacial score (nSPS) is 10.2. The maximum absolute atomic E-state index is 6.09. The van der Waals surface area contributed by atoms with Gasteiger partial charge in [-0.05, 0) is 18.2 Å². The zero-order chi connectivity index (χ0) is 13.0. The van der Waals surface area contributed by atoms with Gasteiger partial charge in [0.2, 0.25) is 0 Å².